The van der Waals surface area contributed by atoms with Crippen molar-refractivity contribution in [3.63, 3.8) is 0 Å². The average Bonchev–Trinajstić information content (AvgIpc) is 3.26. The van der Waals surface area contributed by atoms with Crippen molar-refractivity contribution in [3.05, 3.63) is 96.8 Å². The molecule has 0 radical (unpaired) electrons. The van der Waals surface area contributed by atoms with Crippen molar-refractivity contribution in [3.8, 4) is 17.4 Å². The second kappa shape index (κ2) is 8.34. The third-order valence-electron chi connectivity index (χ3n) is 4.15. The summed E-state index contributed by atoms with van der Waals surface area (Å²) in [7, 11) is -3.77. The molecule has 4 rings (SSSR count). The van der Waals surface area contributed by atoms with Crippen LogP contribution in [0.2, 0.25) is 0 Å². The third-order valence-corrected chi connectivity index (χ3v) is 5.39. The van der Waals surface area contributed by atoms with E-state index in [1.54, 1.807) is 36.4 Å². The maximum Gasteiger partial charge on any atom is 0.237 e. The van der Waals surface area contributed by atoms with Crippen LogP contribution in [0.25, 0.3) is 5.82 Å². The summed E-state index contributed by atoms with van der Waals surface area (Å²) in [4.78, 5) is 8.27. The van der Waals surface area contributed by atoms with Crippen LogP contribution < -0.4 is 9.46 Å². The lowest BCUT2D eigenvalue weighted by Gasteiger charge is -2.10. The number of anilines is 1. The highest BCUT2D eigenvalue weighted by Gasteiger charge is 2.14. The van der Waals surface area contributed by atoms with Gasteiger partial charge in [0.15, 0.2) is 0 Å². The van der Waals surface area contributed by atoms with Crippen molar-refractivity contribution in [1.82, 2.24) is 14.5 Å². The monoisotopic (exact) mass is 424 g/mol. The normalized spacial score (nSPS) is 11.2. The maximum absolute atomic E-state index is 13.7. The van der Waals surface area contributed by atoms with Gasteiger partial charge in [0, 0.05) is 29.7 Å². The topological polar surface area (TPSA) is 86.1 Å². The Balaban J connectivity index is 1.43. The molecule has 9 heteroatoms. The van der Waals surface area contributed by atoms with Crippen LogP contribution in [-0.2, 0) is 15.8 Å². The Morgan fingerprint density at radius 1 is 0.967 bits per heavy atom. The molecule has 0 fully saturated rings. The van der Waals surface area contributed by atoms with Crippen molar-refractivity contribution in [2.75, 3.05) is 4.72 Å². The Kier molecular flexibility index (Phi) is 5.44. The van der Waals surface area contributed by atoms with Crippen LogP contribution in [0.3, 0.4) is 0 Å². The van der Waals surface area contributed by atoms with Crippen LogP contribution in [0.1, 0.15) is 5.56 Å². The zero-order valence-electron chi connectivity index (χ0n) is 15.6. The van der Waals surface area contributed by atoms with Gasteiger partial charge in [0.05, 0.1) is 5.75 Å². The fraction of sp³-hybridized carbons (Fsp3) is 0.0476. The molecule has 1 N–H and O–H groups in total. The lowest BCUT2D eigenvalue weighted by Crippen LogP contribution is -2.15. The number of hydrogen-bond acceptors (Lipinski definition) is 5. The minimum Gasteiger partial charge on any atom is -0.439 e. The van der Waals surface area contributed by atoms with Gasteiger partial charge in [-0.15, -0.1) is 0 Å². The highest BCUT2D eigenvalue weighted by molar-refractivity contribution is 7.91. The van der Waals surface area contributed by atoms with Gasteiger partial charge in [0.25, 0.3) is 0 Å². The molecule has 4 aromatic rings. The van der Waals surface area contributed by atoms with Gasteiger partial charge in [0.1, 0.15) is 23.7 Å². The summed E-state index contributed by atoms with van der Waals surface area (Å²) in [6, 6.07) is 17.6. The number of nitrogens with one attached hydrogen (secondary N) is 1. The van der Waals surface area contributed by atoms with E-state index in [-0.39, 0.29) is 5.56 Å². The largest absolute Gasteiger partial charge is 0.439 e. The van der Waals surface area contributed by atoms with Crippen molar-refractivity contribution in [2.24, 2.45) is 0 Å². The molecule has 2 aromatic carbocycles. The van der Waals surface area contributed by atoms with Crippen LogP contribution in [0, 0.1) is 5.82 Å². The first-order valence-corrected chi connectivity index (χ1v) is 10.6. The number of hydrogen-bond donors (Lipinski definition) is 1. The summed E-state index contributed by atoms with van der Waals surface area (Å²) in [5.41, 5.74) is 0.446. The first-order valence-electron chi connectivity index (χ1n) is 8.96. The molecule has 0 saturated heterocycles. The summed E-state index contributed by atoms with van der Waals surface area (Å²) in [5, 5.41) is 0. The van der Waals surface area contributed by atoms with Crippen molar-refractivity contribution < 1.29 is 17.5 Å². The Labute approximate surface area is 172 Å². The van der Waals surface area contributed by atoms with E-state index in [1.165, 1.54) is 24.5 Å². The van der Waals surface area contributed by atoms with Crippen LogP contribution in [-0.4, -0.2) is 23.0 Å². The molecule has 0 unspecified atom stereocenters. The van der Waals surface area contributed by atoms with Gasteiger partial charge in [-0.2, -0.15) is 0 Å². The number of aromatic nitrogens is 3. The summed E-state index contributed by atoms with van der Waals surface area (Å²) < 4.78 is 48.3. The van der Waals surface area contributed by atoms with Gasteiger partial charge in [-0.1, -0.05) is 18.2 Å². The van der Waals surface area contributed by atoms with Gasteiger partial charge >= 0.3 is 0 Å². The Bertz CT molecular complexity index is 1240. The van der Waals surface area contributed by atoms with Crippen LogP contribution >= 0.6 is 0 Å². The second-order valence-corrected chi connectivity index (χ2v) is 8.11. The number of sulfonamides is 1. The average molecular weight is 424 g/mol. The second-order valence-electron chi connectivity index (χ2n) is 6.38. The van der Waals surface area contributed by atoms with Gasteiger partial charge in [-0.25, -0.2) is 22.8 Å². The molecule has 0 saturated carbocycles. The molecule has 0 amide bonds. The van der Waals surface area contributed by atoms with Crippen LogP contribution in [0.15, 0.2) is 85.5 Å². The highest BCUT2D eigenvalue weighted by atomic mass is 32.2. The number of ether oxygens (including phenoxy) is 1. The first kappa shape index (κ1) is 19.6. The Hall–Kier alpha value is -3.72. The van der Waals surface area contributed by atoms with E-state index in [9.17, 15) is 12.8 Å². The fourth-order valence-electron chi connectivity index (χ4n) is 2.76. The molecule has 152 valence electrons. The number of rotatable bonds is 7. The van der Waals surface area contributed by atoms with Gasteiger partial charge in [0.2, 0.25) is 15.9 Å². The van der Waals surface area contributed by atoms with Gasteiger partial charge in [-0.3, -0.25) is 4.72 Å². The molecular weight excluding hydrogens is 407 g/mol. The summed E-state index contributed by atoms with van der Waals surface area (Å²) >= 11 is 0. The van der Waals surface area contributed by atoms with E-state index >= 15 is 0 Å². The smallest absolute Gasteiger partial charge is 0.237 e. The molecular formula is C21H17FN4O3S. The van der Waals surface area contributed by atoms with E-state index in [4.69, 9.17) is 4.74 Å². The predicted molar refractivity (Wildman–Crippen MR) is 111 cm³/mol. The van der Waals surface area contributed by atoms with Crippen LogP contribution in [0.5, 0.6) is 11.6 Å². The molecule has 0 aliphatic carbocycles. The Morgan fingerprint density at radius 3 is 2.43 bits per heavy atom. The molecule has 0 spiro atoms. The number of benzene rings is 2. The molecule has 2 heterocycles. The van der Waals surface area contributed by atoms with E-state index < -0.39 is 21.6 Å². The van der Waals surface area contributed by atoms with E-state index in [0.29, 0.717) is 23.1 Å². The molecule has 2 aromatic heterocycles. The minimum absolute atomic E-state index is 0.104. The SMILES string of the molecule is O=S(=O)(Cc1ccccc1F)Nc1ccc(Oc2cc(-n3cccc3)ncn2)cc1. The Morgan fingerprint density at radius 2 is 1.70 bits per heavy atom. The molecule has 0 aliphatic rings. The standard InChI is InChI=1S/C21H17FN4O3S/c22-19-6-2-1-5-16(19)14-30(27,28)25-17-7-9-18(10-8-17)29-21-13-20(23-15-24-21)26-11-3-4-12-26/h1-13,15,25H,14H2. The van der Waals surface area contributed by atoms with E-state index in [2.05, 4.69) is 14.7 Å². The van der Waals surface area contributed by atoms with Crippen LogP contribution in [0.4, 0.5) is 10.1 Å². The molecule has 7 nitrogen and oxygen atoms in total. The van der Waals surface area contributed by atoms with Crippen molar-refractivity contribution in [1.29, 1.82) is 0 Å². The zero-order chi connectivity index (χ0) is 21.0. The predicted octanol–water partition coefficient (Wildman–Crippen LogP) is 4.14. The summed E-state index contributed by atoms with van der Waals surface area (Å²) in [6.45, 7) is 0. The maximum atomic E-state index is 13.7. The summed E-state index contributed by atoms with van der Waals surface area (Å²) in [6.07, 6.45) is 5.11. The molecule has 0 bridgehead atoms. The van der Waals surface area contributed by atoms with E-state index in [1.807, 2.05) is 29.1 Å². The lowest BCUT2D eigenvalue weighted by molar-refractivity contribution is 0.461. The van der Waals surface area contributed by atoms with Crippen molar-refractivity contribution in [2.45, 2.75) is 5.75 Å². The number of halogens is 1. The number of nitrogens with zero attached hydrogens (tertiary/aromatic N) is 3. The summed E-state index contributed by atoms with van der Waals surface area (Å²) in [5.74, 6) is 0.463. The molecule has 0 atom stereocenters. The van der Waals surface area contributed by atoms with Crippen molar-refractivity contribution >= 4 is 15.7 Å². The quantitative estimate of drug-likeness (QED) is 0.482. The first-order chi connectivity index (χ1) is 14.5. The zero-order valence-corrected chi connectivity index (χ0v) is 16.5. The lowest BCUT2D eigenvalue weighted by atomic mass is 10.2. The third kappa shape index (κ3) is 4.81. The minimum atomic E-state index is -3.77. The fourth-order valence-corrected chi connectivity index (χ4v) is 3.97. The molecule has 30 heavy (non-hydrogen) atoms. The van der Waals surface area contributed by atoms with Gasteiger partial charge in [-0.05, 0) is 42.5 Å². The van der Waals surface area contributed by atoms with Gasteiger partial charge < -0.3 is 9.30 Å². The van der Waals surface area contributed by atoms with E-state index in [0.717, 1.165) is 0 Å². The molecule has 0 aliphatic heterocycles. The highest BCUT2D eigenvalue weighted by Crippen LogP contribution is 2.23.